The van der Waals surface area contributed by atoms with Crippen LogP contribution in [0.4, 0.5) is 0 Å². The standard InChI is InChI=1S/C10H14BrN3O/c11-9-4-1-3-8(14-9)7-13-6-2-5-10(12)15/h1,3-4,13H,2,5-7H2,(H2,12,15). The molecule has 5 heteroatoms. The van der Waals surface area contributed by atoms with Gasteiger partial charge in [0.2, 0.25) is 5.91 Å². The molecule has 0 aliphatic rings. The maximum Gasteiger partial charge on any atom is 0.217 e. The highest BCUT2D eigenvalue weighted by molar-refractivity contribution is 9.10. The Labute approximate surface area is 97.4 Å². The van der Waals surface area contributed by atoms with Crippen molar-refractivity contribution in [2.45, 2.75) is 19.4 Å². The topological polar surface area (TPSA) is 68.0 Å². The summed E-state index contributed by atoms with van der Waals surface area (Å²) >= 11 is 3.30. The van der Waals surface area contributed by atoms with Gasteiger partial charge in [-0.05, 0) is 41.0 Å². The highest BCUT2D eigenvalue weighted by Gasteiger charge is 1.96. The summed E-state index contributed by atoms with van der Waals surface area (Å²) in [5.41, 5.74) is 6.00. The Bertz CT molecular complexity index is 330. The first-order chi connectivity index (χ1) is 7.18. The van der Waals surface area contributed by atoms with Crippen LogP contribution in [-0.2, 0) is 11.3 Å². The number of carbonyl (C=O) groups excluding carboxylic acids is 1. The predicted octanol–water partition coefficient (Wildman–Crippen LogP) is 1.20. The number of amides is 1. The molecule has 0 fully saturated rings. The maximum absolute atomic E-state index is 10.5. The van der Waals surface area contributed by atoms with Gasteiger partial charge in [0.1, 0.15) is 4.60 Å². The number of rotatable bonds is 6. The Balaban J connectivity index is 2.17. The molecule has 3 N–H and O–H groups in total. The van der Waals surface area contributed by atoms with Gasteiger partial charge in [-0.1, -0.05) is 6.07 Å². The second kappa shape index (κ2) is 6.53. The molecule has 4 nitrogen and oxygen atoms in total. The summed E-state index contributed by atoms with van der Waals surface area (Å²) in [5.74, 6) is -0.252. The van der Waals surface area contributed by atoms with Crippen LogP contribution >= 0.6 is 15.9 Å². The summed E-state index contributed by atoms with van der Waals surface area (Å²) < 4.78 is 0.832. The minimum absolute atomic E-state index is 0.252. The van der Waals surface area contributed by atoms with E-state index in [1.54, 1.807) is 0 Å². The number of primary amides is 1. The van der Waals surface area contributed by atoms with Crippen molar-refractivity contribution in [3.05, 3.63) is 28.5 Å². The molecule has 0 atom stereocenters. The molecule has 0 radical (unpaired) electrons. The largest absolute Gasteiger partial charge is 0.370 e. The van der Waals surface area contributed by atoms with Crippen LogP contribution < -0.4 is 11.1 Å². The van der Waals surface area contributed by atoms with Crippen molar-refractivity contribution in [2.24, 2.45) is 5.73 Å². The van der Waals surface area contributed by atoms with Crippen LogP contribution in [-0.4, -0.2) is 17.4 Å². The lowest BCUT2D eigenvalue weighted by molar-refractivity contribution is -0.118. The molecule has 0 saturated heterocycles. The molecule has 0 bridgehead atoms. The lowest BCUT2D eigenvalue weighted by atomic mass is 10.3. The van der Waals surface area contributed by atoms with E-state index >= 15 is 0 Å². The van der Waals surface area contributed by atoms with E-state index in [1.165, 1.54) is 0 Å². The lowest BCUT2D eigenvalue weighted by Gasteiger charge is -2.03. The van der Waals surface area contributed by atoms with Gasteiger partial charge < -0.3 is 11.1 Å². The molecule has 15 heavy (non-hydrogen) atoms. The summed E-state index contributed by atoms with van der Waals surface area (Å²) in [4.78, 5) is 14.7. The molecule has 1 rings (SSSR count). The molecular formula is C10H14BrN3O. The SMILES string of the molecule is NC(=O)CCCNCc1cccc(Br)n1. The molecule has 0 saturated carbocycles. The average Bonchev–Trinajstić information content (AvgIpc) is 2.17. The normalized spacial score (nSPS) is 10.2. The van der Waals surface area contributed by atoms with E-state index in [2.05, 4.69) is 26.2 Å². The summed E-state index contributed by atoms with van der Waals surface area (Å²) in [6.07, 6.45) is 1.20. The zero-order chi connectivity index (χ0) is 11.1. The molecule has 0 aliphatic carbocycles. The fourth-order valence-corrected chi connectivity index (χ4v) is 1.53. The Morgan fingerprint density at radius 1 is 1.53 bits per heavy atom. The van der Waals surface area contributed by atoms with Crippen LogP contribution in [0.5, 0.6) is 0 Å². The number of nitrogens with one attached hydrogen (secondary N) is 1. The molecule has 0 aliphatic heterocycles. The third-order valence-corrected chi connectivity index (χ3v) is 2.30. The van der Waals surface area contributed by atoms with Crippen molar-refractivity contribution in [1.29, 1.82) is 0 Å². The van der Waals surface area contributed by atoms with Gasteiger partial charge in [-0.3, -0.25) is 4.79 Å². The Morgan fingerprint density at radius 2 is 2.33 bits per heavy atom. The van der Waals surface area contributed by atoms with Gasteiger partial charge in [-0.25, -0.2) is 4.98 Å². The van der Waals surface area contributed by atoms with Gasteiger partial charge in [-0.2, -0.15) is 0 Å². The number of hydrogen-bond acceptors (Lipinski definition) is 3. The van der Waals surface area contributed by atoms with Crippen molar-refractivity contribution in [3.63, 3.8) is 0 Å². The summed E-state index contributed by atoms with van der Waals surface area (Å²) in [5, 5.41) is 3.19. The van der Waals surface area contributed by atoms with E-state index in [0.29, 0.717) is 13.0 Å². The number of pyridine rings is 1. The van der Waals surface area contributed by atoms with Crippen LogP contribution in [0, 0.1) is 0 Å². The third kappa shape index (κ3) is 5.49. The third-order valence-electron chi connectivity index (χ3n) is 1.86. The van der Waals surface area contributed by atoms with Gasteiger partial charge >= 0.3 is 0 Å². The maximum atomic E-state index is 10.5. The van der Waals surface area contributed by atoms with Crippen LogP contribution in [0.25, 0.3) is 0 Å². The molecule has 1 heterocycles. The zero-order valence-corrected chi connectivity index (χ0v) is 9.96. The van der Waals surface area contributed by atoms with Crippen molar-refractivity contribution >= 4 is 21.8 Å². The van der Waals surface area contributed by atoms with Gasteiger partial charge in [0, 0.05) is 13.0 Å². The average molecular weight is 272 g/mol. The van der Waals surface area contributed by atoms with Gasteiger partial charge in [0.15, 0.2) is 0 Å². The van der Waals surface area contributed by atoms with E-state index in [9.17, 15) is 4.79 Å². The van der Waals surface area contributed by atoms with E-state index < -0.39 is 0 Å². The van der Waals surface area contributed by atoms with E-state index in [1.807, 2.05) is 18.2 Å². The number of nitrogens with zero attached hydrogens (tertiary/aromatic N) is 1. The number of nitrogens with two attached hydrogens (primary N) is 1. The molecule has 1 amide bonds. The fourth-order valence-electron chi connectivity index (χ4n) is 1.15. The Hall–Kier alpha value is -0.940. The number of hydrogen-bond donors (Lipinski definition) is 2. The second-order valence-corrected chi connectivity index (χ2v) is 4.01. The first-order valence-corrected chi connectivity index (χ1v) is 5.58. The van der Waals surface area contributed by atoms with Crippen LogP contribution in [0.1, 0.15) is 18.5 Å². The number of halogens is 1. The smallest absolute Gasteiger partial charge is 0.217 e. The van der Waals surface area contributed by atoms with Crippen molar-refractivity contribution < 1.29 is 4.79 Å². The summed E-state index contributed by atoms with van der Waals surface area (Å²) in [6, 6.07) is 5.78. The van der Waals surface area contributed by atoms with Gasteiger partial charge in [0.05, 0.1) is 5.69 Å². The monoisotopic (exact) mass is 271 g/mol. The quantitative estimate of drug-likeness (QED) is 0.604. The van der Waals surface area contributed by atoms with Crippen molar-refractivity contribution in [1.82, 2.24) is 10.3 Å². The highest BCUT2D eigenvalue weighted by Crippen LogP contribution is 2.05. The lowest BCUT2D eigenvalue weighted by Crippen LogP contribution is -2.18. The molecule has 1 aromatic heterocycles. The van der Waals surface area contributed by atoms with Gasteiger partial charge in [0.25, 0.3) is 0 Å². The van der Waals surface area contributed by atoms with Crippen molar-refractivity contribution in [3.8, 4) is 0 Å². The summed E-state index contributed by atoms with van der Waals surface area (Å²) in [6.45, 7) is 1.48. The molecule has 0 unspecified atom stereocenters. The second-order valence-electron chi connectivity index (χ2n) is 3.20. The summed E-state index contributed by atoms with van der Waals surface area (Å²) in [7, 11) is 0. The van der Waals surface area contributed by atoms with E-state index in [-0.39, 0.29) is 5.91 Å². The fraction of sp³-hybridized carbons (Fsp3) is 0.400. The van der Waals surface area contributed by atoms with Crippen LogP contribution in [0.2, 0.25) is 0 Å². The van der Waals surface area contributed by atoms with Crippen LogP contribution in [0.15, 0.2) is 22.8 Å². The Morgan fingerprint density at radius 3 is 3.00 bits per heavy atom. The van der Waals surface area contributed by atoms with Crippen molar-refractivity contribution in [2.75, 3.05) is 6.54 Å². The predicted molar refractivity (Wildman–Crippen MR) is 62.1 cm³/mol. The molecular weight excluding hydrogens is 258 g/mol. The molecule has 0 spiro atoms. The van der Waals surface area contributed by atoms with Crippen LogP contribution in [0.3, 0.4) is 0 Å². The minimum Gasteiger partial charge on any atom is -0.370 e. The minimum atomic E-state index is -0.252. The van der Waals surface area contributed by atoms with E-state index in [4.69, 9.17) is 5.73 Å². The zero-order valence-electron chi connectivity index (χ0n) is 8.37. The molecule has 82 valence electrons. The molecule has 1 aromatic rings. The van der Waals surface area contributed by atoms with E-state index in [0.717, 1.165) is 23.3 Å². The first kappa shape index (κ1) is 12.1. The number of carbonyl (C=O) groups is 1. The first-order valence-electron chi connectivity index (χ1n) is 4.79. The molecule has 0 aromatic carbocycles. The number of aromatic nitrogens is 1. The van der Waals surface area contributed by atoms with Gasteiger partial charge in [-0.15, -0.1) is 0 Å². The Kier molecular flexibility index (Phi) is 5.28. The highest BCUT2D eigenvalue weighted by atomic mass is 79.9.